The lowest BCUT2D eigenvalue weighted by molar-refractivity contribution is 0.0629. The summed E-state index contributed by atoms with van der Waals surface area (Å²) < 4.78 is 0. The summed E-state index contributed by atoms with van der Waals surface area (Å²) in [7, 11) is 0. The Hall–Kier alpha value is -2.06. The van der Waals surface area contributed by atoms with Gasteiger partial charge in [0.15, 0.2) is 0 Å². The van der Waals surface area contributed by atoms with Crippen molar-refractivity contribution in [1.82, 2.24) is 9.80 Å². The zero-order chi connectivity index (χ0) is 17.8. The van der Waals surface area contributed by atoms with Crippen molar-refractivity contribution < 1.29 is 4.79 Å². The molecule has 0 spiro atoms. The van der Waals surface area contributed by atoms with Crippen LogP contribution in [-0.4, -0.2) is 41.9 Å². The van der Waals surface area contributed by atoms with Crippen molar-refractivity contribution in [2.75, 3.05) is 26.2 Å². The third-order valence-electron chi connectivity index (χ3n) is 4.33. The summed E-state index contributed by atoms with van der Waals surface area (Å²) in [4.78, 5) is 16.8. The van der Waals surface area contributed by atoms with E-state index in [9.17, 15) is 4.79 Å². The van der Waals surface area contributed by atoms with Gasteiger partial charge >= 0.3 is 0 Å². The molecule has 1 saturated heterocycles. The van der Waals surface area contributed by atoms with Crippen LogP contribution in [0.5, 0.6) is 0 Å². The van der Waals surface area contributed by atoms with Gasteiger partial charge in [-0.3, -0.25) is 9.69 Å². The Morgan fingerprint density at radius 2 is 1.60 bits per heavy atom. The molecule has 128 valence electrons. The Labute approximate surface area is 157 Å². The van der Waals surface area contributed by atoms with Gasteiger partial charge in [-0.1, -0.05) is 41.4 Å². The number of hydrogen-bond acceptors (Lipinski definition) is 3. The van der Waals surface area contributed by atoms with Crippen molar-refractivity contribution in [2.24, 2.45) is 0 Å². The number of benzene rings is 2. The van der Waals surface area contributed by atoms with Crippen molar-refractivity contribution in [3.8, 4) is 6.07 Å². The fourth-order valence-corrected chi connectivity index (χ4v) is 3.47. The van der Waals surface area contributed by atoms with Crippen LogP contribution in [-0.2, 0) is 6.54 Å². The molecule has 3 rings (SSSR count). The van der Waals surface area contributed by atoms with E-state index in [1.165, 1.54) is 0 Å². The summed E-state index contributed by atoms with van der Waals surface area (Å²) >= 11 is 12.3. The molecule has 1 fully saturated rings. The Morgan fingerprint density at radius 3 is 2.16 bits per heavy atom. The van der Waals surface area contributed by atoms with E-state index >= 15 is 0 Å². The Morgan fingerprint density at radius 1 is 1.00 bits per heavy atom. The molecular weight excluding hydrogens is 357 g/mol. The van der Waals surface area contributed by atoms with E-state index in [2.05, 4.69) is 11.0 Å². The SMILES string of the molecule is N#Cc1ccc(CN2CCN(C(=O)c3c(Cl)cccc3Cl)CC2)cc1. The molecule has 0 N–H and O–H groups in total. The number of nitrogens with zero attached hydrogens (tertiary/aromatic N) is 3. The van der Waals surface area contributed by atoms with E-state index in [0.717, 1.165) is 25.2 Å². The quantitative estimate of drug-likeness (QED) is 0.821. The summed E-state index contributed by atoms with van der Waals surface area (Å²) in [5.74, 6) is -0.117. The van der Waals surface area contributed by atoms with E-state index in [-0.39, 0.29) is 5.91 Å². The molecule has 0 unspecified atom stereocenters. The van der Waals surface area contributed by atoms with Gasteiger partial charge in [0.1, 0.15) is 0 Å². The molecule has 0 aromatic heterocycles. The van der Waals surface area contributed by atoms with Crippen LogP contribution in [0.4, 0.5) is 0 Å². The minimum Gasteiger partial charge on any atom is -0.336 e. The van der Waals surface area contributed by atoms with Gasteiger partial charge in [0.25, 0.3) is 5.91 Å². The number of carbonyl (C=O) groups excluding carboxylic acids is 1. The average Bonchev–Trinajstić information content (AvgIpc) is 2.63. The van der Waals surface area contributed by atoms with Gasteiger partial charge < -0.3 is 4.90 Å². The highest BCUT2D eigenvalue weighted by Crippen LogP contribution is 2.26. The second kappa shape index (κ2) is 7.88. The average molecular weight is 374 g/mol. The van der Waals surface area contributed by atoms with E-state index < -0.39 is 0 Å². The number of nitriles is 1. The third-order valence-corrected chi connectivity index (χ3v) is 4.96. The van der Waals surface area contributed by atoms with Crippen LogP contribution in [0.3, 0.4) is 0 Å². The Kier molecular flexibility index (Phi) is 5.60. The lowest BCUT2D eigenvalue weighted by Gasteiger charge is -2.35. The van der Waals surface area contributed by atoms with Crippen LogP contribution in [0.2, 0.25) is 10.0 Å². The topological polar surface area (TPSA) is 47.3 Å². The smallest absolute Gasteiger partial charge is 0.256 e. The number of rotatable bonds is 3. The van der Waals surface area contributed by atoms with E-state index in [4.69, 9.17) is 28.5 Å². The first kappa shape index (κ1) is 17.8. The van der Waals surface area contributed by atoms with Gasteiger partial charge in [0, 0.05) is 32.7 Å². The normalized spacial score (nSPS) is 15.0. The molecule has 1 amide bonds. The van der Waals surface area contributed by atoms with Crippen LogP contribution in [0.15, 0.2) is 42.5 Å². The first-order valence-corrected chi connectivity index (χ1v) is 8.79. The van der Waals surface area contributed by atoms with Gasteiger partial charge in [-0.25, -0.2) is 0 Å². The van der Waals surface area contributed by atoms with Crippen LogP contribution in [0, 0.1) is 11.3 Å². The van der Waals surface area contributed by atoms with Gasteiger partial charge in [-0.15, -0.1) is 0 Å². The first-order valence-electron chi connectivity index (χ1n) is 8.03. The van der Waals surface area contributed by atoms with E-state index in [1.807, 2.05) is 24.3 Å². The summed E-state index contributed by atoms with van der Waals surface area (Å²) in [6.45, 7) is 3.65. The second-order valence-corrected chi connectivity index (χ2v) is 6.79. The Bertz CT molecular complexity index is 786. The van der Waals surface area contributed by atoms with E-state index in [1.54, 1.807) is 23.1 Å². The predicted octanol–water partition coefficient (Wildman–Crippen LogP) is 3.82. The van der Waals surface area contributed by atoms with Crippen molar-refractivity contribution in [3.63, 3.8) is 0 Å². The Balaban J connectivity index is 1.60. The minimum atomic E-state index is -0.117. The summed E-state index contributed by atoms with van der Waals surface area (Å²) in [6.07, 6.45) is 0. The minimum absolute atomic E-state index is 0.117. The molecule has 2 aromatic rings. The van der Waals surface area contributed by atoms with Crippen LogP contribution in [0.25, 0.3) is 0 Å². The van der Waals surface area contributed by atoms with Crippen molar-refractivity contribution >= 4 is 29.1 Å². The molecule has 1 heterocycles. The molecule has 0 aliphatic carbocycles. The fourth-order valence-electron chi connectivity index (χ4n) is 2.91. The molecule has 25 heavy (non-hydrogen) atoms. The second-order valence-electron chi connectivity index (χ2n) is 5.97. The summed E-state index contributed by atoms with van der Waals surface area (Å²) in [5.41, 5.74) is 2.20. The number of halogens is 2. The standard InChI is InChI=1S/C19H17Cl2N3O/c20-16-2-1-3-17(21)18(16)19(25)24-10-8-23(9-11-24)13-15-6-4-14(12-22)5-7-15/h1-7H,8-11,13H2. The van der Waals surface area contributed by atoms with Gasteiger partial charge in [-0.05, 0) is 29.8 Å². The monoisotopic (exact) mass is 373 g/mol. The maximum atomic E-state index is 12.7. The van der Waals surface area contributed by atoms with Crippen molar-refractivity contribution in [3.05, 3.63) is 69.2 Å². The van der Waals surface area contributed by atoms with E-state index in [0.29, 0.717) is 34.3 Å². The molecule has 0 bridgehead atoms. The zero-order valence-corrected chi connectivity index (χ0v) is 15.1. The number of piperazine rings is 1. The van der Waals surface area contributed by atoms with Crippen molar-refractivity contribution in [2.45, 2.75) is 6.54 Å². The zero-order valence-electron chi connectivity index (χ0n) is 13.6. The predicted molar refractivity (Wildman–Crippen MR) is 98.8 cm³/mol. The molecule has 0 saturated carbocycles. The molecule has 0 radical (unpaired) electrons. The maximum Gasteiger partial charge on any atom is 0.256 e. The third kappa shape index (κ3) is 4.13. The van der Waals surface area contributed by atoms with Crippen molar-refractivity contribution in [1.29, 1.82) is 5.26 Å². The number of amides is 1. The molecule has 2 aromatic carbocycles. The molecule has 0 atom stereocenters. The van der Waals surface area contributed by atoms with Gasteiger partial charge in [0.05, 0.1) is 27.2 Å². The molecular formula is C19H17Cl2N3O. The largest absolute Gasteiger partial charge is 0.336 e. The highest BCUT2D eigenvalue weighted by Gasteiger charge is 2.25. The van der Waals surface area contributed by atoms with Crippen LogP contribution < -0.4 is 0 Å². The number of hydrogen-bond donors (Lipinski definition) is 0. The lowest BCUT2D eigenvalue weighted by atomic mass is 10.1. The molecule has 4 nitrogen and oxygen atoms in total. The number of carbonyl (C=O) groups is 1. The first-order chi connectivity index (χ1) is 12.1. The lowest BCUT2D eigenvalue weighted by Crippen LogP contribution is -2.48. The molecule has 1 aliphatic rings. The fraction of sp³-hybridized carbons (Fsp3) is 0.263. The van der Waals surface area contributed by atoms with Gasteiger partial charge in [-0.2, -0.15) is 5.26 Å². The highest BCUT2D eigenvalue weighted by atomic mass is 35.5. The molecule has 1 aliphatic heterocycles. The molecule has 6 heteroatoms. The highest BCUT2D eigenvalue weighted by molar-refractivity contribution is 6.39. The maximum absolute atomic E-state index is 12.7. The summed E-state index contributed by atoms with van der Waals surface area (Å²) in [6, 6.07) is 14.8. The van der Waals surface area contributed by atoms with Crippen LogP contribution >= 0.6 is 23.2 Å². The van der Waals surface area contributed by atoms with Gasteiger partial charge in [0.2, 0.25) is 0 Å². The van der Waals surface area contributed by atoms with Crippen LogP contribution in [0.1, 0.15) is 21.5 Å². The summed E-state index contributed by atoms with van der Waals surface area (Å²) in [5, 5.41) is 9.62.